The van der Waals surface area contributed by atoms with Crippen LogP contribution in [0, 0.1) is 0 Å². The van der Waals surface area contributed by atoms with Gasteiger partial charge in [0.2, 0.25) is 0 Å². The Morgan fingerprint density at radius 1 is 0.833 bits per heavy atom. The van der Waals surface area contributed by atoms with E-state index in [1.807, 2.05) is 36.5 Å². The molecule has 5 nitrogen and oxygen atoms in total. The Morgan fingerprint density at radius 2 is 1.48 bits per heavy atom. The van der Waals surface area contributed by atoms with Gasteiger partial charge in [-0.1, -0.05) is 48.5 Å². The van der Waals surface area contributed by atoms with Crippen LogP contribution < -0.4 is 10.5 Å². The molecule has 1 heterocycles. The standard InChI is InChI=1S/C29H25F3N2O.C2HF3O2/c30-29(31,32)25-9-6-20(7-10-25)17-34-18-24(13-14-33)27-16-26(11-12-28(27)34)35-19-21-5-8-22-3-1-2-4-23(22)15-21;3-2(4,5)1(6)7/h1-12,15-16,18H,13-14,17,19,33H2;(H,6,7). The number of hydrogen-bond donors (Lipinski definition) is 2. The summed E-state index contributed by atoms with van der Waals surface area (Å²) in [6, 6.07) is 25.8. The third-order valence-corrected chi connectivity index (χ3v) is 6.44. The van der Waals surface area contributed by atoms with Crippen LogP contribution in [0.1, 0.15) is 22.3 Å². The average Bonchev–Trinajstić information content (AvgIpc) is 3.27. The summed E-state index contributed by atoms with van der Waals surface area (Å²) >= 11 is 0. The molecule has 0 aliphatic heterocycles. The SMILES string of the molecule is NCCc1cn(Cc2ccc(C(F)(F)F)cc2)c2ccc(OCc3ccc4ccccc4c3)cc12.O=C(O)C(F)(F)F. The Labute approximate surface area is 236 Å². The number of nitrogens with zero attached hydrogens (tertiary/aromatic N) is 1. The number of alkyl halides is 6. The zero-order valence-electron chi connectivity index (χ0n) is 22.0. The molecule has 0 radical (unpaired) electrons. The summed E-state index contributed by atoms with van der Waals surface area (Å²) in [6.45, 7) is 1.42. The largest absolute Gasteiger partial charge is 0.490 e. The highest BCUT2D eigenvalue weighted by Gasteiger charge is 2.38. The first kappa shape index (κ1) is 30.4. The van der Waals surface area contributed by atoms with Gasteiger partial charge in [-0.2, -0.15) is 26.3 Å². The second-order valence-electron chi connectivity index (χ2n) is 9.47. The molecule has 42 heavy (non-hydrogen) atoms. The van der Waals surface area contributed by atoms with Crippen LogP contribution in [0.2, 0.25) is 0 Å². The normalized spacial score (nSPS) is 11.8. The number of benzene rings is 4. The fourth-order valence-corrected chi connectivity index (χ4v) is 4.42. The molecule has 0 unspecified atom stereocenters. The van der Waals surface area contributed by atoms with Crippen LogP contribution >= 0.6 is 0 Å². The van der Waals surface area contributed by atoms with Gasteiger partial charge in [0, 0.05) is 23.6 Å². The number of nitrogens with two attached hydrogens (primary N) is 1. The molecule has 0 saturated carbocycles. The molecular weight excluding hydrogens is 562 g/mol. The highest BCUT2D eigenvalue weighted by molar-refractivity contribution is 5.86. The fraction of sp³-hybridized carbons (Fsp3) is 0.194. The molecule has 0 spiro atoms. The van der Waals surface area contributed by atoms with Crippen molar-refractivity contribution in [3.8, 4) is 5.75 Å². The van der Waals surface area contributed by atoms with Crippen molar-refractivity contribution in [2.75, 3.05) is 6.54 Å². The molecule has 11 heteroatoms. The van der Waals surface area contributed by atoms with Crippen molar-refractivity contribution in [1.29, 1.82) is 0 Å². The van der Waals surface area contributed by atoms with Gasteiger partial charge in [0.15, 0.2) is 0 Å². The van der Waals surface area contributed by atoms with Gasteiger partial charge in [-0.25, -0.2) is 4.79 Å². The number of carboxylic acids is 1. The van der Waals surface area contributed by atoms with E-state index in [4.69, 9.17) is 20.4 Å². The number of carbonyl (C=O) groups is 1. The summed E-state index contributed by atoms with van der Waals surface area (Å²) in [5.41, 5.74) is 9.17. The number of halogens is 6. The molecule has 1 aromatic heterocycles. The maximum atomic E-state index is 12.9. The van der Waals surface area contributed by atoms with Crippen LogP contribution in [0.3, 0.4) is 0 Å². The smallest absolute Gasteiger partial charge is 0.489 e. The molecule has 0 amide bonds. The number of rotatable bonds is 7. The Bertz CT molecular complexity index is 1680. The average molecular weight is 589 g/mol. The Morgan fingerprint density at radius 3 is 2.10 bits per heavy atom. The van der Waals surface area contributed by atoms with E-state index in [-0.39, 0.29) is 0 Å². The summed E-state index contributed by atoms with van der Waals surface area (Å²) in [5, 5.41) is 10.5. The summed E-state index contributed by atoms with van der Waals surface area (Å²) in [6.07, 6.45) is -6.69. The molecule has 0 atom stereocenters. The van der Waals surface area contributed by atoms with Crippen molar-refractivity contribution >= 4 is 27.6 Å². The van der Waals surface area contributed by atoms with Crippen LogP contribution in [0.5, 0.6) is 5.75 Å². The lowest BCUT2D eigenvalue weighted by molar-refractivity contribution is -0.192. The number of carboxylic acid groups (broad SMARTS) is 1. The minimum Gasteiger partial charge on any atom is -0.489 e. The number of hydrogen-bond acceptors (Lipinski definition) is 3. The maximum Gasteiger partial charge on any atom is 0.490 e. The van der Waals surface area contributed by atoms with E-state index in [2.05, 4.69) is 34.9 Å². The summed E-state index contributed by atoms with van der Waals surface area (Å²) in [4.78, 5) is 8.90. The minimum absolute atomic E-state index is 0.453. The minimum atomic E-state index is -5.08. The predicted octanol–water partition coefficient (Wildman–Crippen LogP) is 7.58. The Hall–Kier alpha value is -4.51. The maximum absolute atomic E-state index is 12.9. The van der Waals surface area contributed by atoms with Gasteiger partial charge in [0.1, 0.15) is 12.4 Å². The van der Waals surface area contributed by atoms with Gasteiger partial charge in [0.25, 0.3) is 0 Å². The molecule has 0 fully saturated rings. The van der Waals surface area contributed by atoms with Crippen molar-refractivity contribution in [1.82, 2.24) is 4.57 Å². The molecule has 0 bridgehead atoms. The predicted molar refractivity (Wildman–Crippen MR) is 147 cm³/mol. The van der Waals surface area contributed by atoms with Crippen molar-refractivity contribution in [2.24, 2.45) is 5.73 Å². The van der Waals surface area contributed by atoms with E-state index in [0.29, 0.717) is 26.1 Å². The summed E-state index contributed by atoms with van der Waals surface area (Å²) < 4.78 is 78.6. The molecule has 5 aromatic rings. The first-order valence-corrected chi connectivity index (χ1v) is 12.7. The van der Waals surface area contributed by atoms with Gasteiger partial charge < -0.3 is 20.1 Å². The first-order chi connectivity index (χ1) is 19.8. The molecule has 0 aliphatic carbocycles. The molecule has 5 rings (SSSR count). The van der Waals surface area contributed by atoms with Gasteiger partial charge in [-0.05, 0) is 76.8 Å². The number of ether oxygens (including phenoxy) is 1. The second-order valence-corrected chi connectivity index (χ2v) is 9.47. The van der Waals surface area contributed by atoms with Crippen molar-refractivity contribution in [2.45, 2.75) is 31.9 Å². The highest BCUT2D eigenvalue weighted by Crippen LogP contribution is 2.31. The number of fused-ring (bicyclic) bond motifs is 2. The topological polar surface area (TPSA) is 77.5 Å². The second kappa shape index (κ2) is 12.6. The van der Waals surface area contributed by atoms with E-state index in [0.717, 1.165) is 45.5 Å². The fourth-order valence-electron chi connectivity index (χ4n) is 4.42. The van der Waals surface area contributed by atoms with E-state index >= 15 is 0 Å². The quantitative estimate of drug-likeness (QED) is 0.192. The third kappa shape index (κ3) is 7.61. The number of aromatic nitrogens is 1. The lowest BCUT2D eigenvalue weighted by atomic mass is 10.1. The van der Waals surface area contributed by atoms with Crippen molar-refractivity contribution in [3.63, 3.8) is 0 Å². The van der Waals surface area contributed by atoms with E-state index < -0.39 is 23.9 Å². The lowest BCUT2D eigenvalue weighted by Gasteiger charge is -2.10. The van der Waals surface area contributed by atoms with Gasteiger partial charge in [0.05, 0.1) is 5.56 Å². The van der Waals surface area contributed by atoms with Crippen molar-refractivity contribution in [3.05, 3.63) is 113 Å². The zero-order chi connectivity index (χ0) is 30.5. The summed E-state index contributed by atoms with van der Waals surface area (Å²) in [5.74, 6) is -2.00. The lowest BCUT2D eigenvalue weighted by Crippen LogP contribution is -2.21. The number of aliphatic carboxylic acids is 1. The monoisotopic (exact) mass is 588 g/mol. The molecule has 4 aromatic carbocycles. The molecular formula is C31H26F6N2O3. The summed E-state index contributed by atoms with van der Waals surface area (Å²) in [7, 11) is 0. The van der Waals surface area contributed by atoms with Gasteiger partial charge in [-0.3, -0.25) is 0 Å². The first-order valence-electron chi connectivity index (χ1n) is 12.7. The zero-order valence-corrected chi connectivity index (χ0v) is 22.0. The van der Waals surface area contributed by atoms with Crippen LogP contribution in [0.25, 0.3) is 21.7 Å². The Kier molecular flexibility index (Phi) is 9.11. The molecule has 0 saturated heterocycles. The molecule has 3 N–H and O–H groups in total. The van der Waals surface area contributed by atoms with Crippen LogP contribution in [0.15, 0.2) is 91.1 Å². The van der Waals surface area contributed by atoms with Crippen LogP contribution in [-0.4, -0.2) is 28.4 Å². The van der Waals surface area contributed by atoms with Crippen LogP contribution in [-0.2, 0) is 30.5 Å². The van der Waals surface area contributed by atoms with Crippen molar-refractivity contribution < 1.29 is 41.0 Å². The van der Waals surface area contributed by atoms with E-state index in [1.165, 1.54) is 22.9 Å². The Balaban J connectivity index is 0.000000517. The molecule has 0 aliphatic rings. The highest BCUT2D eigenvalue weighted by atomic mass is 19.4. The van der Waals surface area contributed by atoms with Gasteiger partial charge >= 0.3 is 18.3 Å². The van der Waals surface area contributed by atoms with E-state index in [1.54, 1.807) is 0 Å². The van der Waals surface area contributed by atoms with E-state index in [9.17, 15) is 26.3 Å². The van der Waals surface area contributed by atoms with Crippen LogP contribution in [0.4, 0.5) is 26.3 Å². The third-order valence-electron chi connectivity index (χ3n) is 6.44. The van der Waals surface area contributed by atoms with Gasteiger partial charge in [-0.15, -0.1) is 0 Å². The molecule has 220 valence electrons.